The molecule has 0 bridgehead atoms. The highest BCUT2D eigenvalue weighted by atomic mass is 16.2. The average Bonchev–Trinajstić information content (AvgIpc) is 2.93. The van der Waals surface area contributed by atoms with Gasteiger partial charge in [-0.05, 0) is 19.3 Å². The molecule has 0 radical (unpaired) electrons. The summed E-state index contributed by atoms with van der Waals surface area (Å²) < 4.78 is 0. The Bertz CT molecular complexity index is 281. The number of rotatable bonds is 5. The highest BCUT2D eigenvalue weighted by molar-refractivity contribution is 5.76. The topological polar surface area (TPSA) is 49.6 Å². The van der Waals surface area contributed by atoms with Crippen molar-refractivity contribution in [2.75, 3.05) is 26.2 Å². The normalized spacial score (nSPS) is 23.8. The summed E-state index contributed by atoms with van der Waals surface area (Å²) in [5.41, 5.74) is 5.96. The minimum absolute atomic E-state index is 0.0466. The summed E-state index contributed by atoms with van der Waals surface area (Å²) in [6.07, 6.45) is 8.02. The van der Waals surface area contributed by atoms with Gasteiger partial charge in [-0.2, -0.15) is 0 Å². The molecular formula is C15H29N3O. The van der Waals surface area contributed by atoms with Crippen molar-refractivity contribution in [3.8, 4) is 0 Å². The Morgan fingerprint density at radius 3 is 2.42 bits per heavy atom. The fourth-order valence-electron chi connectivity index (χ4n) is 3.43. The number of hydrogen-bond acceptors (Lipinski definition) is 3. The Hall–Kier alpha value is -0.610. The lowest BCUT2D eigenvalue weighted by atomic mass is 10.1. The predicted molar refractivity (Wildman–Crippen MR) is 77.9 cm³/mol. The van der Waals surface area contributed by atoms with Crippen LogP contribution < -0.4 is 5.73 Å². The molecule has 4 heteroatoms. The number of carbonyl (C=O) groups is 1. The molecule has 110 valence electrons. The SMILES string of the molecule is CCCC(N)CC(=O)N1CCN(C2CCCC2)CC1. The second-order valence-electron chi connectivity index (χ2n) is 6.11. The molecule has 1 unspecified atom stereocenters. The Kier molecular flexibility index (Phi) is 5.64. The summed E-state index contributed by atoms with van der Waals surface area (Å²) in [5, 5.41) is 0. The van der Waals surface area contributed by atoms with E-state index in [2.05, 4.69) is 11.8 Å². The van der Waals surface area contributed by atoms with Crippen molar-refractivity contribution in [1.29, 1.82) is 0 Å². The second-order valence-corrected chi connectivity index (χ2v) is 6.11. The molecule has 1 amide bonds. The smallest absolute Gasteiger partial charge is 0.224 e. The summed E-state index contributed by atoms with van der Waals surface area (Å²) >= 11 is 0. The molecule has 0 aromatic heterocycles. The molecule has 1 atom stereocenters. The fourth-order valence-corrected chi connectivity index (χ4v) is 3.43. The maximum Gasteiger partial charge on any atom is 0.224 e. The minimum atomic E-state index is 0.0466. The first-order chi connectivity index (χ1) is 9.20. The first-order valence-corrected chi connectivity index (χ1v) is 7.98. The van der Waals surface area contributed by atoms with Crippen LogP contribution in [0.15, 0.2) is 0 Å². The van der Waals surface area contributed by atoms with Crippen LogP contribution in [-0.2, 0) is 4.79 Å². The van der Waals surface area contributed by atoms with Gasteiger partial charge in [0.1, 0.15) is 0 Å². The van der Waals surface area contributed by atoms with Gasteiger partial charge in [0.25, 0.3) is 0 Å². The van der Waals surface area contributed by atoms with Crippen LogP contribution in [0.1, 0.15) is 51.9 Å². The van der Waals surface area contributed by atoms with E-state index in [1.807, 2.05) is 4.90 Å². The lowest BCUT2D eigenvalue weighted by molar-refractivity contribution is -0.133. The molecule has 0 aromatic rings. The molecule has 2 N–H and O–H groups in total. The van der Waals surface area contributed by atoms with Crippen molar-refractivity contribution in [2.24, 2.45) is 5.73 Å². The summed E-state index contributed by atoms with van der Waals surface area (Å²) in [7, 11) is 0. The van der Waals surface area contributed by atoms with Crippen LogP contribution in [0.3, 0.4) is 0 Å². The third kappa shape index (κ3) is 4.18. The van der Waals surface area contributed by atoms with E-state index in [1.165, 1.54) is 25.7 Å². The number of piperazine rings is 1. The van der Waals surface area contributed by atoms with Crippen LogP contribution in [-0.4, -0.2) is 54.0 Å². The maximum atomic E-state index is 12.1. The van der Waals surface area contributed by atoms with Crippen LogP contribution in [0.5, 0.6) is 0 Å². The Labute approximate surface area is 117 Å². The van der Waals surface area contributed by atoms with Gasteiger partial charge in [0, 0.05) is 44.7 Å². The largest absolute Gasteiger partial charge is 0.340 e. The summed E-state index contributed by atoms with van der Waals surface area (Å²) in [6, 6.07) is 0.838. The van der Waals surface area contributed by atoms with E-state index in [-0.39, 0.29) is 11.9 Å². The van der Waals surface area contributed by atoms with Crippen molar-refractivity contribution in [3.05, 3.63) is 0 Å². The Balaban J connectivity index is 1.71. The molecule has 1 aliphatic carbocycles. The third-order valence-electron chi connectivity index (χ3n) is 4.60. The first-order valence-electron chi connectivity index (χ1n) is 7.98. The zero-order chi connectivity index (χ0) is 13.7. The van der Waals surface area contributed by atoms with Gasteiger partial charge in [-0.15, -0.1) is 0 Å². The standard InChI is InChI=1S/C15H29N3O/c1-2-5-13(16)12-15(19)18-10-8-17(9-11-18)14-6-3-4-7-14/h13-14H,2-12,16H2,1H3. The molecule has 1 aliphatic heterocycles. The molecule has 4 nitrogen and oxygen atoms in total. The van der Waals surface area contributed by atoms with Crippen LogP contribution >= 0.6 is 0 Å². The first kappa shape index (κ1) is 14.8. The number of nitrogens with two attached hydrogens (primary N) is 1. The van der Waals surface area contributed by atoms with Gasteiger partial charge in [0.15, 0.2) is 0 Å². The van der Waals surface area contributed by atoms with Crippen molar-refractivity contribution in [1.82, 2.24) is 9.80 Å². The van der Waals surface area contributed by atoms with E-state index < -0.39 is 0 Å². The quantitative estimate of drug-likeness (QED) is 0.823. The zero-order valence-corrected chi connectivity index (χ0v) is 12.3. The van der Waals surface area contributed by atoms with Crippen LogP contribution in [0.4, 0.5) is 0 Å². The molecule has 2 rings (SSSR count). The number of amides is 1. The van der Waals surface area contributed by atoms with E-state index in [1.54, 1.807) is 0 Å². The van der Waals surface area contributed by atoms with E-state index >= 15 is 0 Å². The van der Waals surface area contributed by atoms with E-state index in [4.69, 9.17) is 5.73 Å². The molecule has 19 heavy (non-hydrogen) atoms. The molecule has 1 heterocycles. The van der Waals surface area contributed by atoms with Crippen molar-refractivity contribution >= 4 is 5.91 Å². The number of hydrogen-bond donors (Lipinski definition) is 1. The lowest BCUT2D eigenvalue weighted by Crippen LogP contribution is -2.52. The minimum Gasteiger partial charge on any atom is -0.340 e. The molecule has 0 aromatic carbocycles. The highest BCUT2D eigenvalue weighted by Crippen LogP contribution is 2.24. The van der Waals surface area contributed by atoms with Crippen molar-refractivity contribution in [3.63, 3.8) is 0 Å². The molecule has 1 saturated heterocycles. The molecule has 0 spiro atoms. The summed E-state index contributed by atoms with van der Waals surface area (Å²) in [6.45, 7) is 6.02. The average molecular weight is 267 g/mol. The fraction of sp³-hybridized carbons (Fsp3) is 0.933. The number of nitrogens with zero attached hydrogens (tertiary/aromatic N) is 2. The highest BCUT2D eigenvalue weighted by Gasteiger charge is 2.28. The third-order valence-corrected chi connectivity index (χ3v) is 4.60. The Morgan fingerprint density at radius 1 is 1.21 bits per heavy atom. The van der Waals surface area contributed by atoms with Crippen LogP contribution in [0.25, 0.3) is 0 Å². The van der Waals surface area contributed by atoms with Gasteiger partial charge in [-0.1, -0.05) is 26.2 Å². The van der Waals surface area contributed by atoms with Gasteiger partial charge in [0.2, 0.25) is 5.91 Å². The predicted octanol–water partition coefficient (Wildman–Crippen LogP) is 1.59. The summed E-state index contributed by atoms with van der Waals surface area (Å²) in [5.74, 6) is 0.257. The van der Waals surface area contributed by atoms with Crippen LogP contribution in [0.2, 0.25) is 0 Å². The van der Waals surface area contributed by atoms with Gasteiger partial charge < -0.3 is 10.6 Å². The molecular weight excluding hydrogens is 238 g/mol. The molecule has 1 saturated carbocycles. The molecule has 2 aliphatic rings. The van der Waals surface area contributed by atoms with E-state index in [0.717, 1.165) is 45.1 Å². The van der Waals surface area contributed by atoms with Gasteiger partial charge >= 0.3 is 0 Å². The number of carbonyl (C=O) groups excluding carboxylic acids is 1. The van der Waals surface area contributed by atoms with E-state index in [9.17, 15) is 4.79 Å². The molecule has 2 fully saturated rings. The van der Waals surface area contributed by atoms with Crippen LogP contribution in [0, 0.1) is 0 Å². The monoisotopic (exact) mass is 267 g/mol. The second kappa shape index (κ2) is 7.25. The van der Waals surface area contributed by atoms with E-state index in [0.29, 0.717) is 6.42 Å². The lowest BCUT2D eigenvalue weighted by Gasteiger charge is -2.38. The zero-order valence-electron chi connectivity index (χ0n) is 12.3. The Morgan fingerprint density at radius 2 is 1.84 bits per heavy atom. The van der Waals surface area contributed by atoms with Gasteiger partial charge in [-0.3, -0.25) is 9.69 Å². The summed E-state index contributed by atoms with van der Waals surface area (Å²) in [4.78, 5) is 16.7. The van der Waals surface area contributed by atoms with Gasteiger partial charge in [-0.25, -0.2) is 0 Å². The van der Waals surface area contributed by atoms with Gasteiger partial charge in [0.05, 0.1) is 0 Å². The van der Waals surface area contributed by atoms with Crippen molar-refractivity contribution < 1.29 is 4.79 Å². The maximum absolute atomic E-state index is 12.1. The van der Waals surface area contributed by atoms with Crippen molar-refractivity contribution in [2.45, 2.75) is 64.0 Å².